The molecule has 0 bridgehead atoms. The molecule has 1 aliphatic carbocycles. The molecule has 6 nitrogen and oxygen atoms in total. The van der Waals surface area contributed by atoms with Crippen molar-refractivity contribution in [3.05, 3.63) is 35.9 Å². The van der Waals surface area contributed by atoms with Crippen molar-refractivity contribution in [3.63, 3.8) is 0 Å². The number of benzene rings is 1. The summed E-state index contributed by atoms with van der Waals surface area (Å²) in [6.07, 6.45) is 5.44. The maximum atomic E-state index is 13.3. The van der Waals surface area contributed by atoms with Crippen LogP contribution in [0.15, 0.2) is 30.3 Å². The normalized spacial score (nSPS) is 21.7. The highest BCUT2D eigenvalue weighted by atomic mass is 32.2. The van der Waals surface area contributed by atoms with Crippen molar-refractivity contribution in [2.45, 2.75) is 50.3 Å². The lowest BCUT2D eigenvalue weighted by atomic mass is 10.0. The summed E-state index contributed by atoms with van der Waals surface area (Å²) < 4.78 is 28.1. The molecule has 1 atom stereocenters. The molecule has 1 aromatic rings. The Labute approximate surface area is 162 Å². The van der Waals surface area contributed by atoms with E-state index < -0.39 is 15.3 Å². The smallest absolute Gasteiger partial charge is 0.225 e. The van der Waals surface area contributed by atoms with Gasteiger partial charge in [-0.25, -0.2) is 8.42 Å². The van der Waals surface area contributed by atoms with Gasteiger partial charge in [0, 0.05) is 38.6 Å². The Bertz CT molecular complexity index is 717. The van der Waals surface area contributed by atoms with Crippen LogP contribution in [0, 0.1) is 5.92 Å². The van der Waals surface area contributed by atoms with Crippen molar-refractivity contribution < 1.29 is 13.2 Å². The number of nitrogens with zero attached hydrogens (tertiary/aromatic N) is 2. The predicted molar refractivity (Wildman–Crippen MR) is 106 cm³/mol. The number of nitrogens with two attached hydrogens (primary N) is 1. The molecule has 3 rings (SSSR count). The lowest BCUT2D eigenvalue weighted by molar-refractivity contribution is -0.136. The maximum absolute atomic E-state index is 13.3. The molecule has 1 aromatic carbocycles. The molecule has 0 aromatic heterocycles. The van der Waals surface area contributed by atoms with Gasteiger partial charge in [0.1, 0.15) is 0 Å². The molecule has 1 amide bonds. The number of sulfonamides is 1. The van der Waals surface area contributed by atoms with Crippen molar-refractivity contribution in [1.29, 1.82) is 0 Å². The second-order valence-electron chi connectivity index (χ2n) is 7.68. The molecular formula is C20H31N3O3S. The van der Waals surface area contributed by atoms with E-state index in [9.17, 15) is 13.2 Å². The minimum absolute atomic E-state index is 0.0934. The Morgan fingerprint density at radius 3 is 2.48 bits per heavy atom. The summed E-state index contributed by atoms with van der Waals surface area (Å²) in [4.78, 5) is 14.6. The Kier molecular flexibility index (Phi) is 6.89. The molecule has 7 heteroatoms. The molecule has 1 heterocycles. The van der Waals surface area contributed by atoms with Gasteiger partial charge in [0.2, 0.25) is 15.9 Å². The van der Waals surface area contributed by atoms with Gasteiger partial charge in [0.05, 0.1) is 5.25 Å². The molecular weight excluding hydrogens is 362 g/mol. The summed E-state index contributed by atoms with van der Waals surface area (Å²) in [5.74, 6) is 0.247. The third-order valence-electron chi connectivity index (χ3n) is 5.76. The Morgan fingerprint density at radius 2 is 1.81 bits per heavy atom. The standard InChI is InChI=1S/C20H31N3O3S/c21-12-14-23(15-17-7-2-1-3-8-17)27(25,26)19-11-6-13-22(16-19)20(24)18-9-4-5-10-18/h1-3,7-8,18-19H,4-6,9-16,21H2. The van der Waals surface area contributed by atoms with E-state index in [4.69, 9.17) is 5.73 Å². The summed E-state index contributed by atoms with van der Waals surface area (Å²) in [6, 6.07) is 9.58. The van der Waals surface area contributed by atoms with Crippen LogP contribution in [-0.2, 0) is 21.4 Å². The van der Waals surface area contributed by atoms with Crippen LogP contribution in [0.4, 0.5) is 0 Å². The third kappa shape index (κ3) is 4.89. The molecule has 2 N–H and O–H groups in total. The summed E-state index contributed by atoms with van der Waals surface area (Å²) in [7, 11) is -3.51. The minimum Gasteiger partial charge on any atom is -0.341 e. The summed E-state index contributed by atoms with van der Waals surface area (Å²) in [5.41, 5.74) is 6.65. The first kappa shape index (κ1) is 20.3. The van der Waals surface area contributed by atoms with Crippen LogP contribution < -0.4 is 5.73 Å². The van der Waals surface area contributed by atoms with E-state index in [0.717, 1.165) is 37.7 Å². The molecule has 1 saturated carbocycles. The molecule has 2 aliphatic rings. The first-order valence-electron chi connectivity index (χ1n) is 10.0. The molecule has 1 aliphatic heterocycles. The number of carbonyl (C=O) groups is 1. The van der Waals surface area contributed by atoms with Gasteiger partial charge in [-0.15, -0.1) is 0 Å². The second kappa shape index (κ2) is 9.17. The fourth-order valence-corrected chi connectivity index (χ4v) is 6.19. The van der Waals surface area contributed by atoms with E-state index in [1.54, 1.807) is 4.90 Å². The number of amides is 1. The largest absolute Gasteiger partial charge is 0.341 e. The molecule has 0 spiro atoms. The number of hydrogen-bond acceptors (Lipinski definition) is 4. The lowest BCUT2D eigenvalue weighted by Crippen LogP contribution is -2.51. The van der Waals surface area contributed by atoms with Crippen molar-refractivity contribution in [2.75, 3.05) is 26.2 Å². The van der Waals surface area contributed by atoms with Crippen LogP contribution in [0.1, 0.15) is 44.1 Å². The summed E-state index contributed by atoms with van der Waals surface area (Å²) >= 11 is 0. The Hall–Kier alpha value is -1.44. The van der Waals surface area contributed by atoms with Gasteiger partial charge >= 0.3 is 0 Å². The van der Waals surface area contributed by atoms with Crippen LogP contribution in [0.2, 0.25) is 0 Å². The van der Waals surface area contributed by atoms with Gasteiger partial charge < -0.3 is 10.6 Å². The first-order chi connectivity index (χ1) is 13.0. The molecule has 2 fully saturated rings. The molecule has 1 saturated heterocycles. The zero-order chi connectivity index (χ0) is 19.3. The van der Waals surface area contributed by atoms with Gasteiger partial charge in [-0.2, -0.15) is 4.31 Å². The molecule has 150 valence electrons. The minimum atomic E-state index is -3.51. The predicted octanol–water partition coefficient (Wildman–Crippen LogP) is 1.96. The van der Waals surface area contributed by atoms with Gasteiger partial charge in [-0.1, -0.05) is 43.2 Å². The number of rotatable bonds is 7. The maximum Gasteiger partial charge on any atom is 0.225 e. The highest BCUT2D eigenvalue weighted by molar-refractivity contribution is 7.89. The average Bonchev–Trinajstić information content (AvgIpc) is 3.23. The number of hydrogen-bond donors (Lipinski definition) is 1. The average molecular weight is 394 g/mol. The van der Waals surface area contributed by atoms with Crippen LogP contribution in [-0.4, -0.2) is 55.0 Å². The van der Waals surface area contributed by atoms with Gasteiger partial charge in [0.25, 0.3) is 0 Å². The summed E-state index contributed by atoms with van der Waals surface area (Å²) in [6.45, 7) is 1.89. The fraction of sp³-hybridized carbons (Fsp3) is 0.650. The van der Waals surface area contributed by atoms with E-state index in [-0.39, 0.29) is 18.4 Å². The highest BCUT2D eigenvalue weighted by Gasteiger charge is 2.38. The number of likely N-dealkylation sites (tertiary alicyclic amines) is 1. The lowest BCUT2D eigenvalue weighted by Gasteiger charge is -2.36. The topological polar surface area (TPSA) is 83.7 Å². The van der Waals surface area contributed by atoms with Crippen LogP contribution in [0.25, 0.3) is 0 Å². The van der Waals surface area contributed by atoms with Crippen LogP contribution in [0.5, 0.6) is 0 Å². The fourth-order valence-electron chi connectivity index (χ4n) is 4.25. The number of carbonyl (C=O) groups excluding carboxylic acids is 1. The van der Waals surface area contributed by atoms with Crippen molar-refractivity contribution in [3.8, 4) is 0 Å². The Balaban J connectivity index is 1.71. The first-order valence-corrected chi connectivity index (χ1v) is 11.5. The Morgan fingerprint density at radius 1 is 1.11 bits per heavy atom. The van der Waals surface area contributed by atoms with E-state index in [1.165, 1.54) is 4.31 Å². The van der Waals surface area contributed by atoms with Gasteiger partial charge in [0.15, 0.2) is 0 Å². The van der Waals surface area contributed by atoms with Crippen molar-refractivity contribution >= 4 is 15.9 Å². The zero-order valence-corrected chi connectivity index (χ0v) is 16.7. The highest BCUT2D eigenvalue weighted by Crippen LogP contribution is 2.29. The van der Waals surface area contributed by atoms with Crippen LogP contribution in [0.3, 0.4) is 0 Å². The summed E-state index contributed by atoms with van der Waals surface area (Å²) in [5, 5.41) is -0.535. The third-order valence-corrected chi connectivity index (χ3v) is 8.01. The van der Waals surface area contributed by atoms with Gasteiger partial charge in [-0.3, -0.25) is 4.79 Å². The van der Waals surface area contributed by atoms with E-state index in [1.807, 2.05) is 30.3 Å². The van der Waals surface area contributed by atoms with Crippen molar-refractivity contribution in [1.82, 2.24) is 9.21 Å². The monoisotopic (exact) mass is 393 g/mol. The number of piperidine rings is 1. The quantitative estimate of drug-likeness (QED) is 0.767. The SMILES string of the molecule is NCCN(Cc1ccccc1)S(=O)(=O)C1CCCN(C(=O)C2CCCC2)C1. The molecule has 27 heavy (non-hydrogen) atoms. The molecule has 1 unspecified atom stereocenters. The van der Waals surface area contributed by atoms with Crippen molar-refractivity contribution in [2.24, 2.45) is 11.7 Å². The van der Waals surface area contributed by atoms with E-state index in [0.29, 0.717) is 32.6 Å². The van der Waals surface area contributed by atoms with E-state index >= 15 is 0 Å². The van der Waals surface area contributed by atoms with Gasteiger partial charge in [-0.05, 0) is 31.2 Å². The molecule has 0 radical (unpaired) electrons. The van der Waals surface area contributed by atoms with E-state index in [2.05, 4.69) is 0 Å². The zero-order valence-electron chi connectivity index (χ0n) is 15.9. The van der Waals surface area contributed by atoms with Crippen LogP contribution >= 0.6 is 0 Å². The second-order valence-corrected chi connectivity index (χ2v) is 9.90.